The number of rotatable bonds is 8. The number of aryl methyl sites for hydroxylation is 2. The molecule has 0 radical (unpaired) electrons. The van der Waals surface area contributed by atoms with Gasteiger partial charge in [-0.3, -0.25) is 9.59 Å². The van der Waals surface area contributed by atoms with Gasteiger partial charge in [-0.2, -0.15) is 10.2 Å². The van der Waals surface area contributed by atoms with Gasteiger partial charge >= 0.3 is 0 Å². The van der Waals surface area contributed by atoms with Crippen molar-refractivity contribution in [2.24, 2.45) is 23.0 Å². The average Bonchev–Trinajstić information content (AvgIpc) is 3.55. The zero-order valence-corrected chi connectivity index (χ0v) is 23.9. The average molecular weight is 548 g/mol. The third kappa shape index (κ3) is 5.24. The highest BCUT2D eigenvalue weighted by Gasteiger charge is 2.43. The van der Waals surface area contributed by atoms with Crippen molar-refractivity contribution in [1.82, 2.24) is 29.8 Å². The molecule has 1 aromatic carbocycles. The summed E-state index contributed by atoms with van der Waals surface area (Å²) in [5.74, 6) is 0.481. The lowest BCUT2D eigenvalue weighted by Crippen LogP contribution is -2.39. The molecule has 2 aromatic heterocycles. The Bertz CT molecular complexity index is 1400. The first-order chi connectivity index (χ1) is 19.0. The Morgan fingerprint density at radius 2 is 1.75 bits per heavy atom. The first kappa shape index (κ1) is 27.9. The van der Waals surface area contributed by atoms with E-state index in [2.05, 4.69) is 20.2 Å². The molecule has 2 unspecified atom stereocenters. The van der Waals surface area contributed by atoms with Gasteiger partial charge in [-0.05, 0) is 81.3 Å². The van der Waals surface area contributed by atoms with Crippen molar-refractivity contribution in [1.29, 1.82) is 0 Å². The number of amides is 2. The second-order valence-corrected chi connectivity index (χ2v) is 12.0. The number of halogens is 1. The van der Waals surface area contributed by atoms with Crippen LogP contribution in [0.15, 0.2) is 36.4 Å². The summed E-state index contributed by atoms with van der Waals surface area (Å²) >= 11 is 0. The first-order valence-electron chi connectivity index (χ1n) is 13.9. The second-order valence-electron chi connectivity index (χ2n) is 12.0. The molecule has 4 heterocycles. The Kier molecular flexibility index (Phi) is 7.48. The van der Waals surface area contributed by atoms with Gasteiger partial charge in [0.15, 0.2) is 5.82 Å². The van der Waals surface area contributed by atoms with Crippen molar-refractivity contribution >= 4 is 11.8 Å². The summed E-state index contributed by atoms with van der Waals surface area (Å²) in [6.45, 7) is 13.3. The van der Waals surface area contributed by atoms with Crippen LogP contribution in [0.5, 0.6) is 0 Å². The Morgan fingerprint density at radius 3 is 2.35 bits per heavy atom. The number of hydrogen-bond acceptors (Lipinski definition) is 6. The van der Waals surface area contributed by atoms with Crippen LogP contribution in [0.4, 0.5) is 4.39 Å². The van der Waals surface area contributed by atoms with Crippen molar-refractivity contribution in [2.45, 2.75) is 47.0 Å². The number of carbonyl (C=O) groups is 2. The number of fused-ring (bicyclic) bond motifs is 1. The van der Waals surface area contributed by atoms with Gasteiger partial charge in [-0.1, -0.05) is 26.0 Å². The molecule has 40 heavy (non-hydrogen) atoms. The molecule has 0 saturated carbocycles. The van der Waals surface area contributed by atoms with Gasteiger partial charge in [0.25, 0.3) is 5.91 Å². The third-order valence-electron chi connectivity index (χ3n) is 8.85. The van der Waals surface area contributed by atoms with Crippen LogP contribution < -0.4 is 5.73 Å². The number of nitrogens with two attached hydrogens (primary N) is 1. The lowest BCUT2D eigenvalue weighted by Gasteiger charge is -2.33. The summed E-state index contributed by atoms with van der Waals surface area (Å²) in [6, 6.07) is 10.2. The number of likely N-dealkylation sites (tertiary alicyclic amines) is 2. The standard InChI is InChI=1S/C30H38FN7O2/c1-18-9-10-26(34-33-18)38-20(3)27(19(2)35-38)28(39)37-16-22-14-36(15-23(22)17-37)12-11-25(30(4,5)29(32)40)21-7-6-8-24(31)13-21/h6-10,13,22-23,25H,11-12,14-17H2,1-5H3,(H2,32,40)/t22?,23?,25-/m0/s1. The fraction of sp³-hybridized carbons (Fsp3) is 0.500. The molecule has 2 amide bonds. The maximum Gasteiger partial charge on any atom is 0.257 e. The Balaban J connectivity index is 1.23. The van der Waals surface area contributed by atoms with Crippen LogP contribution in [0.2, 0.25) is 0 Å². The molecule has 9 nitrogen and oxygen atoms in total. The predicted octanol–water partition coefficient (Wildman–Crippen LogP) is 3.42. The van der Waals surface area contributed by atoms with Crippen LogP contribution in [-0.2, 0) is 4.79 Å². The van der Waals surface area contributed by atoms with Crippen molar-refractivity contribution < 1.29 is 14.0 Å². The van der Waals surface area contributed by atoms with E-state index in [1.54, 1.807) is 10.7 Å². The SMILES string of the molecule is Cc1ccc(-n2nc(C)c(C(=O)N3CC4CN(CC[C@@H](c5cccc(F)c5)C(C)(C)C(N)=O)CC4C3)c2C)nn1. The first-order valence-corrected chi connectivity index (χ1v) is 13.9. The number of benzene rings is 1. The summed E-state index contributed by atoms with van der Waals surface area (Å²) in [4.78, 5) is 30.3. The van der Waals surface area contributed by atoms with Crippen molar-refractivity contribution in [3.05, 3.63) is 70.4 Å². The highest BCUT2D eigenvalue weighted by Crippen LogP contribution is 2.40. The van der Waals surface area contributed by atoms with Gasteiger partial charge < -0.3 is 15.5 Å². The maximum absolute atomic E-state index is 14.0. The molecule has 2 fully saturated rings. The van der Waals surface area contributed by atoms with Crippen LogP contribution in [-0.4, -0.2) is 74.3 Å². The minimum absolute atomic E-state index is 0.0108. The normalized spacial score (nSPS) is 20.1. The molecule has 0 bridgehead atoms. The molecule has 2 aliphatic heterocycles. The van der Waals surface area contributed by atoms with Crippen LogP contribution in [0.25, 0.3) is 5.82 Å². The van der Waals surface area contributed by atoms with E-state index in [1.807, 2.05) is 57.7 Å². The summed E-state index contributed by atoms with van der Waals surface area (Å²) < 4.78 is 15.7. The van der Waals surface area contributed by atoms with Crippen molar-refractivity contribution in [2.75, 3.05) is 32.7 Å². The molecule has 2 aliphatic rings. The molecular formula is C30H38FN7O2. The van der Waals surface area contributed by atoms with E-state index < -0.39 is 11.3 Å². The van der Waals surface area contributed by atoms with E-state index in [0.29, 0.717) is 48.4 Å². The topological polar surface area (TPSA) is 110 Å². The van der Waals surface area contributed by atoms with E-state index in [0.717, 1.165) is 36.6 Å². The van der Waals surface area contributed by atoms with Gasteiger partial charge in [-0.15, -0.1) is 5.10 Å². The second kappa shape index (κ2) is 10.7. The maximum atomic E-state index is 14.0. The van der Waals surface area contributed by atoms with Gasteiger partial charge in [0, 0.05) is 26.2 Å². The van der Waals surface area contributed by atoms with Crippen molar-refractivity contribution in [3.63, 3.8) is 0 Å². The minimum Gasteiger partial charge on any atom is -0.369 e. The van der Waals surface area contributed by atoms with E-state index in [4.69, 9.17) is 5.73 Å². The summed E-state index contributed by atoms with van der Waals surface area (Å²) in [6.07, 6.45) is 0.695. The molecule has 10 heteroatoms. The molecule has 2 N–H and O–H groups in total. The number of aromatic nitrogens is 4. The van der Waals surface area contributed by atoms with Crippen molar-refractivity contribution in [3.8, 4) is 5.82 Å². The van der Waals surface area contributed by atoms with Gasteiger partial charge in [0.2, 0.25) is 5.91 Å². The summed E-state index contributed by atoms with van der Waals surface area (Å²) in [7, 11) is 0. The van der Waals surface area contributed by atoms with E-state index in [1.165, 1.54) is 12.1 Å². The monoisotopic (exact) mass is 547 g/mol. The van der Waals surface area contributed by atoms with E-state index in [-0.39, 0.29) is 17.6 Å². The number of carbonyl (C=O) groups excluding carboxylic acids is 2. The van der Waals surface area contributed by atoms with E-state index >= 15 is 0 Å². The molecule has 2 saturated heterocycles. The van der Waals surface area contributed by atoms with Gasteiger partial charge in [0.05, 0.1) is 28.1 Å². The number of nitrogens with zero attached hydrogens (tertiary/aromatic N) is 6. The summed E-state index contributed by atoms with van der Waals surface area (Å²) in [5, 5.41) is 12.9. The van der Waals surface area contributed by atoms with Crippen LogP contribution in [0, 0.1) is 43.8 Å². The molecule has 3 aromatic rings. The largest absolute Gasteiger partial charge is 0.369 e. The highest BCUT2D eigenvalue weighted by atomic mass is 19.1. The predicted molar refractivity (Wildman–Crippen MR) is 149 cm³/mol. The zero-order chi connectivity index (χ0) is 28.8. The molecule has 5 rings (SSSR count). The Labute approximate surface area is 234 Å². The molecule has 212 valence electrons. The Hall–Kier alpha value is -3.66. The fourth-order valence-corrected chi connectivity index (χ4v) is 6.43. The van der Waals surface area contributed by atoms with Crippen LogP contribution >= 0.6 is 0 Å². The third-order valence-corrected chi connectivity index (χ3v) is 8.85. The van der Waals surface area contributed by atoms with Crippen LogP contribution in [0.3, 0.4) is 0 Å². The van der Waals surface area contributed by atoms with Crippen LogP contribution in [0.1, 0.15) is 59.2 Å². The van der Waals surface area contributed by atoms with E-state index in [9.17, 15) is 14.0 Å². The molecular weight excluding hydrogens is 509 g/mol. The number of hydrogen-bond donors (Lipinski definition) is 1. The minimum atomic E-state index is -0.809. The zero-order valence-electron chi connectivity index (χ0n) is 23.9. The molecule has 3 atom stereocenters. The van der Waals surface area contributed by atoms with Gasteiger partial charge in [-0.25, -0.2) is 9.07 Å². The fourth-order valence-electron chi connectivity index (χ4n) is 6.43. The lowest BCUT2D eigenvalue weighted by atomic mass is 9.72. The highest BCUT2D eigenvalue weighted by molar-refractivity contribution is 5.96. The quantitative estimate of drug-likeness (QED) is 0.463. The number of primary amides is 1. The smallest absolute Gasteiger partial charge is 0.257 e. The molecule has 0 aliphatic carbocycles. The van der Waals surface area contributed by atoms with Gasteiger partial charge in [0.1, 0.15) is 5.82 Å². The summed E-state index contributed by atoms with van der Waals surface area (Å²) in [5.41, 5.74) is 8.65. The molecule has 0 spiro atoms. The Morgan fingerprint density at radius 1 is 1.05 bits per heavy atom. The lowest BCUT2D eigenvalue weighted by molar-refractivity contribution is -0.127.